The molecule has 0 aliphatic carbocycles. The number of rotatable bonds is 1. The van der Waals surface area contributed by atoms with Crippen LogP contribution in [-0.4, -0.2) is 12.5 Å². The highest BCUT2D eigenvalue weighted by atomic mass is 16.2. The molecule has 1 amide bonds. The van der Waals surface area contributed by atoms with Gasteiger partial charge in [0.05, 0.1) is 5.69 Å². The molecule has 0 spiro atoms. The summed E-state index contributed by atoms with van der Waals surface area (Å²) >= 11 is 0. The summed E-state index contributed by atoms with van der Waals surface area (Å²) in [4.78, 5) is 13.6. The van der Waals surface area contributed by atoms with Crippen LogP contribution < -0.4 is 4.90 Å². The van der Waals surface area contributed by atoms with E-state index >= 15 is 0 Å². The predicted molar refractivity (Wildman–Crippen MR) is 73.6 cm³/mol. The predicted octanol–water partition coefficient (Wildman–Crippen LogP) is 3.26. The quantitative estimate of drug-likeness (QED) is 0.745. The Morgan fingerprint density at radius 3 is 2.56 bits per heavy atom. The molecular formula is C16H15NO. The van der Waals surface area contributed by atoms with Gasteiger partial charge in [-0.1, -0.05) is 48.5 Å². The number of para-hydroxylation sites is 1. The molecular weight excluding hydrogens is 222 g/mol. The minimum Gasteiger partial charge on any atom is -0.311 e. The van der Waals surface area contributed by atoms with Crippen LogP contribution in [0.25, 0.3) is 11.1 Å². The molecule has 2 heteroatoms. The standard InChI is InChI=1S/C16H15NO/c1-12(18)17-11-10-14-8-5-9-15(16(14)17)13-6-3-2-4-7-13/h2-9H,10-11H2,1H3. The molecule has 0 unspecified atom stereocenters. The normalized spacial score (nSPS) is 13.5. The molecule has 0 bridgehead atoms. The number of nitrogens with zero attached hydrogens (tertiary/aromatic N) is 1. The second-order valence-electron chi connectivity index (χ2n) is 4.60. The second-order valence-corrected chi connectivity index (χ2v) is 4.60. The van der Waals surface area contributed by atoms with E-state index in [4.69, 9.17) is 0 Å². The molecule has 3 rings (SSSR count). The maximum Gasteiger partial charge on any atom is 0.223 e. The van der Waals surface area contributed by atoms with Gasteiger partial charge in [0, 0.05) is 19.0 Å². The number of hydrogen-bond donors (Lipinski definition) is 0. The molecule has 90 valence electrons. The van der Waals surface area contributed by atoms with Crippen molar-refractivity contribution in [2.45, 2.75) is 13.3 Å². The van der Waals surface area contributed by atoms with E-state index < -0.39 is 0 Å². The Morgan fingerprint density at radius 2 is 1.83 bits per heavy atom. The minimum absolute atomic E-state index is 0.122. The largest absolute Gasteiger partial charge is 0.311 e. The molecule has 1 heterocycles. The van der Waals surface area contributed by atoms with E-state index in [1.165, 1.54) is 11.1 Å². The monoisotopic (exact) mass is 237 g/mol. The van der Waals surface area contributed by atoms with E-state index in [0.29, 0.717) is 0 Å². The lowest BCUT2D eigenvalue weighted by Crippen LogP contribution is -2.26. The number of carbonyl (C=O) groups excluding carboxylic acids is 1. The lowest BCUT2D eigenvalue weighted by atomic mass is 10.0. The van der Waals surface area contributed by atoms with E-state index in [0.717, 1.165) is 24.2 Å². The van der Waals surface area contributed by atoms with Crippen LogP contribution in [0.5, 0.6) is 0 Å². The van der Waals surface area contributed by atoms with Crippen molar-refractivity contribution in [1.29, 1.82) is 0 Å². The lowest BCUT2D eigenvalue weighted by molar-refractivity contribution is -0.116. The van der Waals surface area contributed by atoms with Crippen molar-refractivity contribution < 1.29 is 4.79 Å². The molecule has 0 saturated heterocycles. The van der Waals surface area contributed by atoms with E-state index in [2.05, 4.69) is 30.3 Å². The third kappa shape index (κ3) is 1.70. The van der Waals surface area contributed by atoms with Crippen LogP contribution in [0.3, 0.4) is 0 Å². The fourth-order valence-electron chi connectivity index (χ4n) is 2.62. The van der Waals surface area contributed by atoms with Gasteiger partial charge in [0.1, 0.15) is 0 Å². The summed E-state index contributed by atoms with van der Waals surface area (Å²) in [5, 5.41) is 0. The molecule has 0 atom stereocenters. The summed E-state index contributed by atoms with van der Waals surface area (Å²) in [6, 6.07) is 16.5. The molecule has 2 nitrogen and oxygen atoms in total. The van der Waals surface area contributed by atoms with Crippen molar-refractivity contribution in [3.63, 3.8) is 0 Å². The Morgan fingerprint density at radius 1 is 1.06 bits per heavy atom. The summed E-state index contributed by atoms with van der Waals surface area (Å²) < 4.78 is 0. The Bertz CT molecular complexity index is 589. The number of hydrogen-bond acceptors (Lipinski definition) is 1. The van der Waals surface area contributed by atoms with Crippen LogP contribution in [0.15, 0.2) is 48.5 Å². The second kappa shape index (κ2) is 4.30. The molecule has 18 heavy (non-hydrogen) atoms. The molecule has 0 N–H and O–H groups in total. The average Bonchev–Trinajstić information content (AvgIpc) is 2.83. The fraction of sp³-hybridized carbons (Fsp3) is 0.188. The Hall–Kier alpha value is -2.09. The van der Waals surface area contributed by atoms with Gasteiger partial charge in [-0.15, -0.1) is 0 Å². The van der Waals surface area contributed by atoms with Crippen LogP contribution in [0, 0.1) is 0 Å². The topological polar surface area (TPSA) is 20.3 Å². The number of carbonyl (C=O) groups is 1. The third-order valence-electron chi connectivity index (χ3n) is 3.46. The van der Waals surface area contributed by atoms with Crippen molar-refractivity contribution >= 4 is 11.6 Å². The molecule has 0 aromatic heterocycles. The molecule has 2 aromatic rings. The number of fused-ring (bicyclic) bond motifs is 1. The van der Waals surface area contributed by atoms with E-state index in [1.807, 2.05) is 23.1 Å². The van der Waals surface area contributed by atoms with Gasteiger partial charge in [-0.2, -0.15) is 0 Å². The van der Waals surface area contributed by atoms with Crippen LogP contribution in [-0.2, 0) is 11.2 Å². The maximum atomic E-state index is 11.7. The van der Waals surface area contributed by atoms with Crippen molar-refractivity contribution in [3.05, 3.63) is 54.1 Å². The van der Waals surface area contributed by atoms with Crippen LogP contribution >= 0.6 is 0 Å². The molecule has 1 aliphatic rings. The zero-order chi connectivity index (χ0) is 12.5. The average molecular weight is 237 g/mol. The Kier molecular flexibility index (Phi) is 2.63. The van der Waals surface area contributed by atoms with Crippen molar-refractivity contribution in [1.82, 2.24) is 0 Å². The highest BCUT2D eigenvalue weighted by Crippen LogP contribution is 2.37. The maximum absolute atomic E-state index is 11.7. The van der Waals surface area contributed by atoms with Crippen LogP contribution in [0.2, 0.25) is 0 Å². The first-order valence-electron chi connectivity index (χ1n) is 6.23. The van der Waals surface area contributed by atoms with E-state index in [1.54, 1.807) is 6.92 Å². The number of anilines is 1. The van der Waals surface area contributed by atoms with Crippen molar-refractivity contribution in [2.24, 2.45) is 0 Å². The minimum atomic E-state index is 0.122. The van der Waals surface area contributed by atoms with Gasteiger partial charge in [-0.05, 0) is 17.5 Å². The highest BCUT2D eigenvalue weighted by molar-refractivity contribution is 5.99. The zero-order valence-electron chi connectivity index (χ0n) is 10.4. The van der Waals surface area contributed by atoms with Gasteiger partial charge < -0.3 is 4.90 Å². The first-order valence-corrected chi connectivity index (χ1v) is 6.23. The molecule has 0 fully saturated rings. The Balaban J connectivity index is 2.18. The van der Waals surface area contributed by atoms with E-state index in [9.17, 15) is 4.79 Å². The molecule has 1 aliphatic heterocycles. The third-order valence-corrected chi connectivity index (χ3v) is 3.46. The first kappa shape index (κ1) is 11.0. The SMILES string of the molecule is CC(=O)N1CCc2cccc(-c3ccccc3)c21. The summed E-state index contributed by atoms with van der Waals surface area (Å²) in [6.45, 7) is 2.44. The number of benzene rings is 2. The van der Waals surface area contributed by atoms with Gasteiger partial charge in [-0.25, -0.2) is 0 Å². The fourth-order valence-corrected chi connectivity index (χ4v) is 2.62. The molecule has 2 aromatic carbocycles. The summed E-state index contributed by atoms with van der Waals surface area (Å²) in [5.74, 6) is 0.122. The Labute approximate surface area is 107 Å². The van der Waals surface area contributed by atoms with Gasteiger partial charge in [0.15, 0.2) is 0 Å². The van der Waals surface area contributed by atoms with Gasteiger partial charge in [-0.3, -0.25) is 4.79 Å². The van der Waals surface area contributed by atoms with Gasteiger partial charge in [0.25, 0.3) is 0 Å². The van der Waals surface area contributed by atoms with Crippen molar-refractivity contribution in [3.8, 4) is 11.1 Å². The van der Waals surface area contributed by atoms with Gasteiger partial charge >= 0.3 is 0 Å². The molecule has 0 saturated carbocycles. The van der Waals surface area contributed by atoms with E-state index in [-0.39, 0.29) is 5.91 Å². The lowest BCUT2D eigenvalue weighted by Gasteiger charge is -2.18. The zero-order valence-corrected chi connectivity index (χ0v) is 10.4. The highest BCUT2D eigenvalue weighted by Gasteiger charge is 2.25. The first-order chi connectivity index (χ1) is 8.77. The van der Waals surface area contributed by atoms with Crippen molar-refractivity contribution in [2.75, 3.05) is 11.4 Å². The van der Waals surface area contributed by atoms with Crippen LogP contribution in [0.4, 0.5) is 5.69 Å². The summed E-state index contributed by atoms with van der Waals surface area (Å²) in [6.07, 6.45) is 0.954. The summed E-state index contributed by atoms with van der Waals surface area (Å²) in [5.41, 5.74) is 4.69. The van der Waals surface area contributed by atoms with Crippen LogP contribution in [0.1, 0.15) is 12.5 Å². The number of amides is 1. The smallest absolute Gasteiger partial charge is 0.223 e. The molecule has 0 radical (unpaired) electrons. The summed E-state index contributed by atoms with van der Waals surface area (Å²) in [7, 11) is 0. The van der Waals surface area contributed by atoms with Gasteiger partial charge in [0.2, 0.25) is 5.91 Å².